The standard InChI is InChI=1S/C14H25N3O2.ClH/c1-10-8-15-5-6-16(10)13(19)11-7-12(18)17(9-11)14(2,3)4;/h10-11,15H,5-9H2,1-4H3;1H/t10-,11?;/m0./s1. The summed E-state index contributed by atoms with van der Waals surface area (Å²) in [4.78, 5) is 28.4. The van der Waals surface area contributed by atoms with Crippen LogP contribution in [0.1, 0.15) is 34.1 Å². The summed E-state index contributed by atoms with van der Waals surface area (Å²) in [6, 6.07) is 0.222. The first-order valence-corrected chi connectivity index (χ1v) is 7.12. The zero-order valence-corrected chi connectivity index (χ0v) is 13.6. The van der Waals surface area contributed by atoms with E-state index < -0.39 is 0 Å². The van der Waals surface area contributed by atoms with Crippen molar-refractivity contribution in [2.75, 3.05) is 26.2 Å². The minimum Gasteiger partial charge on any atom is -0.337 e. The van der Waals surface area contributed by atoms with Crippen molar-refractivity contribution >= 4 is 24.2 Å². The molecule has 2 fully saturated rings. The van der Waals surface area contributed by atoms with Crippen LogP contribution >= 0.6 is 12.4 Å². The van der Waals surface area contributed by atoms with Crippen LogP contribution < -0.4 is 5.32 Å². The second-order valence-corrected chi connectivity index (χ2v) is 6.66. The van der Waals surface area contributed by atoms with E-state index >= 15 is 0 Å². The molecule has 0 bridgehead atoms. The first-order chi connectivity index (χ1) is 8.80. The van der Waals surface area contributed by atoms with Crippen LogP contribution in [0.25, 0.3) is 0 Å². The summed E-state index contributed by atoms with van der Waals surface area (Å²) in [5.74, 6) is 0.0926. The van der Waals surface area contributed by atoms with Crippen molar-refractivity contribution in [3.05, 3.63) is 0 Å². The molecule has 20 heavy (non-hydrogen) atoms. The van der Waals surface area contributed by atoms with Gasteiger partial charge in [-0.25, -0.2) is 0 Å². The second-order valence-electron chi connectivity index (χ2n) is 6.66. The van der Waals surface area contributed by atoms with Gasteiger partial charge >= 0.3 is 0 Å². The number of nitrogens with zero attached hydrogens (tertiary/aromatic N) is 2. The van der Waals surface area contributed by atoms with E-state index in [1.54, 1.807) is 0 Å². The first-order valence-electron chi connectivity index (χ1n) is 7.12. The lowest BCUT2D eigenvalue weighted by molar-refractivity contribution is -0.138. The number of hydrogen-bond acceptors (Lipinski definition) is 3. The molecular formula is C14H26ClN3O2. The predicted molar refractivity (Wildman–Crippen MR) is 80.9 cm³/mol. The number of amides is 2. The zero-order chi connectivity index (χ0) is 14.2. The van der Waals surface area contributed by atoms with Crippen LogP contribution in [0.2, 0.25) is 0 Å². The average Bonchev–Trinajstić information content (AvgIpc) is 2.71. The van der Waals surface area contributed by atoms with Crippen LogP contribution in [0, 0.1) is 5.92 Å². The molecule has 6 heteroatoms. The third-order valence-electron chi connectivity index (χ3n) is 4.07. The van der Waals surface area contributed by atoms with Crippen molar-refractivity contribution in [3.63, 3.8) is 0 Å². The topological polar surface area (TPSA) is 52.7 Å². The van der Waals surface area contributed by atoms with Crippen LogP contribution in [0.5, 0.6) is 0 Å². The number of nitrogens with one attached hydrogen (secondary N) is 1. The van der Waals surface area contributed by atoms with Crippen molar-refractivity contribution in [1.82, 2.24) is 15.1 Å². The molecule has 2 saturated heterocycles. The highest BCUT2D eigenvalue weighted by atomic mass is 35.5. The van der Waals surface area contributed by atoms with E-state index in [0.29, 0.717) is 13.0 Å². The third kappa shape index (κ3) is 3.44. The second kappa shape index (κ2) is 6.31. The van der Waals surface area contributed by atoms with Gasteiger partial charge in [0.15, 0.2) is 0 Å². The molecular weight excluding hydrogens is 278 g/mol. The Bertz CT molecular complexity index is 381. The SMILES string of the molecule is C[C@H]1CNCCN1C(=O)C1CC(=O)N(C(C)(C)C)C1.Cl. The van der Waals surface area contributed by atoms with E-state index in [2.05, 4.69) is 12.2 Å². The van der Waals surface area contributed by atoms with Crippen LogP contribution in [0.3, 0.4) is 0 Å². The quantitative estimate of drug-likeness (QED) is 0.782. The maximum absolute atomic E-state index is 12.5. The van der Waals surface area contributed by atoms with Crippen molar-refractivity contribution in [3.8, 4) is 0 Å². The summed E-state index contributed by atoms with van der Waals surface area (Å²) in [6.07, 6.45) is 0.368. The Kier molecular flexibility index (Phi) is 5.44. The monoisotopic (exact) mass is 303 g/mol. The Morgan fingerprint density at radius 1 is 1.35 bits per heavy atom. The molecule has 0 saturated carbocycles. The molecule has 2 rings (SSSR count). The largest absolute Gasteiger partial charge is 0.337 e. The fourth-order valence-electron chi connectivity index (χ4n) is 2.92. The normalized spacial score (nSPS) is 27.5. The van der Waals surface area contributed by atoms with Crippen LogP contribution in [-0.4, -0.2) is 59.4 Å². The highest BCUT2D eigenvalue weighted by molar-refractivity contribution is 5.89. The van der Waals surface area contributed by atoms with E-state index in [-0.39, 0.29) is 41.7 Å². The molecule has 2 aliphatic rings. The summed E-state index contributed by atoms with van der Waals surface area (Å²) in [5.41, 5.74) is -0.193. The molecule has 0 aromatic rings. The van der Waals surface area contributed by atoms with Gasteiger partial charge in [-0.2, -0.15) is 0 Å². The number of likely N-dealkylation sites (tertiary alicyclic amines) is 1. The number of carbonyl (C=O) groups excluding carboxylic acids is 2. The Morgan fingerprint density at radius 3 is 2.50 bits per heavy atom. The zero-order valence-electron chi connectivity index (χ0n) is 12.8. The van der Waals surface area contributed by atoms with Crippen LogP contribution in [-0.2, 0) is 9.59 Å². The molecule has 0 spiro atoms. The Hall–Kier alpha value is -0.810. The minimum absolute atomic E-state index is 0. The van der Waals surface area contributed by atoms with E-state index in [1.165, 1.54) is 0 Å². The fraction of sp³-hybridized carbons (Fsp3) is 0.857. The fourth-order valence-corrected chi connectivity index (χ4v) is 2.92. The molecule has 1 unspecified atom stereocenters. The van der Waals surface area contributed by atoms with Gasteiger partial charge in [0, 0.05) is 44.2 Å². The lowest BCUT2D eigenvalue weighted by atomic mass is 10.0. The molecule has 0 aromatic carbocycles. The van der Waals surface area contributed by atoms with Gasteiger partial charge in [-0.15, -0.1) is 12.4 Å². The summed E-state index contributed by atoms with van der Waals surface area (Å²) in [7, 11) is 0. The Morgan fingerprint density at radius 2 is 2.00 bits per heavy atom. The number of hydrogen-bond donors (Lipinski definition) is 1. The van der Waals surface area contributed by atoms with Gasteiger partial charge in [0.1, 0.15) is 0 Å². The van der Waals surface area contributed by atoms with Crippen molar-refractivity contribution in [2.24, 2.45) is 5.92 Å². The van der Waals surface area contributed by atoms with Crippen molar-refractivity contribution in [2.45, 2.75) is 45.7 Å². The molecule has 2 heterocycles. The minimum atomic E-state index is -0.193. The van der Waals surface area contributed by atoms with Crippen molar-refractivity contribution < 1.29 is 9.59 Å². The number of carbonyl (C=O) groups is 2. The third-order valence-corrected chi connectivity index (χ3v) is 4.07. The average molecular weight is 304 g/mol. The molecule has 2 atom stereocenters. The Balaban J connectivity index is 0.00000200. The number of rotatable bonds is 1. The molecule has 116 valence electrons. The molecule has 0 aromatic heterocycles. The van der Waals surface area contributed by atoms with Gasteiger partial charge in [0.2, 0.25) is 11.8 Å². The van der Waals surface area contributed by atoms with Gasteiger partial charge in [-0.05, 0) is 27.7 Å². The van der Waals surface area contributed by atoms with Gasteiger partial charge in [-0.3, -0.25) is 9.59 Å². The molecule has 0 radical (unpaired) electrons. The maximum Gasteiger partial charge on any atom is 0.228 e. The number of piperazine rings is 1. The van der Waals surface area contributed by atoms with E-state index in [0.717, 1.165) is 19.6 Å². The van der Waals surface area contributed by atoms with E-state index in [9.17, 15) is 9.59 Å². The summed E-state index contributed by atoms with van der Waals surface area (Å²) in [6.45, 7) is 11.1. The molecule has 5 nitrogen and oxygen atoms in total. The molecule has 2 amide bonds. The van der Waals surface area contributed by atoms with Gasteiger partial charge < -0.3 is 15.1 Å². The Labute approximate surface area is 127 Å². The highest BCUT2D eigenvalue weighted by Crippen LogP contribution is 2.27. The lowest BCUT2D eigenvalue weighted by Gasteiger charge is -2.36. The summed E-state index contributed by atoms with van der Waals surface area (Å²) >= 11 is 0. The van der Waals surface area contributed by atoms with Crippen LogP contribution in [0.4, 0.5) is 0 Å². The lowest BCUT2D eigenvalue weighted by Crippen LogP contribution is -2.54. The highest BCUT2D eigenvalue weighted by Gasteiger charge is 2.41. The molecule has 0 aliphatic carbocycles. The van der Waals surface area contributed by atoms with Gasteiger partial charge in [0.05, 0.1) is 5.92 Å². The van der Waals surface area contributed by atoms with Crippen molar-refractivity contribution in [1.29, 1.82) is 0 Å². The first kappa shape index (κ1) is 17.2. The van der Waals surface area contributed by atoms with Gasteiger partial charge in [-0.1, -0.05) is 0 Å². The summed E-state index contributed by atoms with van der Waals surface area (Å²) < 4.78 is 0. The van der Waals surface area contributed by atoms with Crippen LogP contribution in [0.15, 0.2) is 0 Å². The smallest absolute Gasteiger partial charge is 0.228 e. The molecule has 2 aliphatic heterocycles. The van der Waals surface area contributed by atoms with Gasteiger partial charge in [0.25, 0.3) is 0 Å². The molecule has 1 N–H and O–H groups in total. The maximum atomic E-state index is 12.5. The van der Waals surface area contributed by atoms with E-state index in [4.69, 9.17) is 0 Å². The summed E-state index contributed by atoms with van der Waals surface area (Å²) in [5, 5.41) is 3.28. The predicted octanol–water partition coefficient (Wildman–Crippen LogP) is 0.875. The number of halogens is 1. The van der Waals surface area contributed by atoms with E-state index in [1.807, 2.05) is 30.6 Å².